The van der Waals surface area contributed by atoms with Gasteiger partial charge in [-0.15, -0.1) is 0 Å². The molecule has 0 unspecified atom stereocenters. The van der Waals surface area contributed by atoms with Crippen molar-refractivity contribution in [3.63, 3.8) is 0 Å². The summed E-state index contributed by atoms with van der Waals surface area (Å²) in [5.41, 5.74) is 4.14. The average molecular weight is 434 g/mol. The average Bonchev–Trinajstić information content (AvgIpc) is 3.11. The van der Waals surface area contributed by atoms with E-state index in [4.69, 9.17) is 4.98 Å². The SMILES string of the molecule is CN(C)c1ccc(CC(=O)N2CCC[C@H](c3nc4ccccn4c3NC(C)(C)C)C2)cc1. The Morgan fingerprint density at radius 3 is 2.59 bits per heavy atom. The van der Waals surface area contributed by atoms with E-state index in [1.54, 1.807) is 0 Å². The molecule has 1 amide bonds. The van der Waals surface area contributed by atoms with Crippen LogP contribution in [0.25, 0.3) is 5.65 Å². The van der Waals surface area contributed by atoms with Crippen LogP contribution in [0.1, 0.15) is 50.8 Å². The first-order valence-electron chi connectivity index (χ1n) is 11.5. The van der Waals surface area contributed by atoms with E-state index in [1.807, 2.05) is 37.2 Å². The van der Waals surface area contributed by atoms with Crippen molar-refractivity contribution in [1.29, 1.82) is 0 Å². The quantitative estimate of drug-likeness (QED) is 0.641. The van der Waals surface area contributed by atoms with E-state index >= 15 is 0 Å². The van der Waals surface area contributed by atoms with E-state index in [0.717, 1.165) is 54.3 Å². The van der Waals surface area contributed by atoms with Gasteiger partial charge in [-0.2, -0.15) is 0 Å². The molecule has 32 heavy (non-hydrogen) atoms. The number of rotatable bonds is 5. The van der Waals surface area contributed by atoms with Crippen molar-refractivity contribution in [1.82, 2.24) is 14.3 Å². The summed E-state index contributed by atoms with van der Waals surface area (Å²) in [6, 6.07) is 14.4. The molecule has 0 aliphatic carbocycles. The van der Waals surface area contributed by atoms with Gasteiger partial charge in [0.25, 0.3) is 0 Å². The minimum absolute atomic E-state index is 0.0799. The third kappa shape index (κ3) is 4.90. The number of piperidine rings is 1. The van der Waals surface area contributed by atoms with Gasteiger partial charge < -0.3 is 15.1 Å². The van der Waals surface area contributed by atoms with Gasteiger partial charge in [-0.1, -0.05) is 18.2 Å². The van der Waals surface area contributed by atoms with Gasteiger partial charge in [-0.3, -0.25) is 9.20 Å². The predicted molar refractivity (Wildman–Crippen MR) is 132 cm³/mol. The van der Waals surface area contributed by atoms with Crippen LogP contribution in [0.15, 0.2) is 48.7 Å². The number of hydrogen-bond acceptors (Lipinski definition) is 4. The second-order valence-electron chi connectivity index (χ2n) is 10.1. The van der Waals surface area contributed by atoms with E-state index in [0.29, 0.717) is 6.42 Å². The number of benzene rings is 1. The topological polar surface area (TPSA) is 52.9 Å². The van der Waals surface area contributed by atoms with Gasteiger partial charge in [0, 0.05) is 50.5 Å². The summed E-state index contributed by atoms with van der Waals surface area (Å²) in [6.45, 7) is 8.03. The van der Waals surface area contributed by atoms with Crippen molar-refractivity contribution in [3.05, 3.63) is 59.9 Å². The van der Waals surface area contributed by atoms with E-state index in [2.05, 4.69) is 65.9 Å². The molecule has 1 aromatic carbocycles. The molecule has 170 valence electrons. The van der Waals surface area contributed by atoms with Crippen LogP contribution in [0.2, 0.25) is 0 Å². The summed E-state index contributed by atoms with van der Waals surface area (Å²) in [5, 5.41) is 3.66. The molecule has 1 N–H and O–H groups in total. The van der Waals surface area contributed by atoms with Crippen LogP contribution in [0, 0.1) is 0 Å². The minimum Gasteiger partial charge on any atom is -0.378 e. The molecule has 0 bridgehead atoms. The molecule has 1 saturated heterocycles. The Kier molecular flexibility index (Phi) is 6.13. The molecule has 0 spiro atoms. The van der Waals surface area contributed by atoms with Gasteiger partial charge in [-0.05, 0) is 63.4 Å². The molecule has 1 fully saturated rings. The minimum atomic E-state index is -0.0799. The van der Waals surface area contributed by atoms with Gasteiger partial charge in [0.2, 0.25) is 5.91 Å². The standard InChI is InChI=1S/C26H35N5O/c1-26(2,3)28-25-24(27-22-10-6-7-16-31(22)25)20-9-8-15-30(18-20)23(32)17-19-11-13-21(14-12-19)29(4)5/h6-7,10-14,16,20,28H,8-9,15,17-18H2,1-5H3/t20-/m0/s1. The number of carbonyl (C=O) groups excluding carboxylic acids is 1. The highest BCUT2D eigenvalue weighted by atomic mass is 16.2. The highest BCUT2D eigenvalue weighted by molar-refractivity contribution is 5.79. The fourth-order valence-corrected chi connectivity index (χ4v) is 4.40. The lowest BCUT2D eigenvalue weighted by Gasteiger charge is -2.33. The molecule has 1 atom stereocenters. The van der Waals surface area contributed by atoms with Gasteiger partial charge in [0.15, 0.2) is 0 Å². The second kappa shape index (κ2) is 8.85. The summed E-state index contributed by atoms with van der Waals surface area (Å²) < 4.78 is 2.13. The van der Waals surface area contributed by atoms with Gasteiger partial charge in [-0.25, -0.2) is 4.98 Å². The Bertz CT molecular complexity index is 1080. The number of aromatic nitrogens is 2. The zero-order valence-corrected chi connectivity index (χ0v) is 19.9. The van der Waals surface area contributed by atoms with Crippen molar-refractivity contribution in [2.75, 3.05) is 37.4 Å². The molecule has 6 heteroatoms. The number of anilines is 2. The summed E-state index contributed by atoms with van der Waals surface area (Å²) in [7, 11) is 4.05. The van der Waals surface area contributed by atoms with Crippen molar-refractivity contribution in [2.24, 2.45) is 0 Å². The Labute approximate surface area is 191 Å². The third-order valence-corrected chi connectivity index (χ3v) is 6.02. The zero-order chi connectivity index (χ0) is 22.9. The van der Waals surface area contributed by atoms with Crippen LogP contribution in [-0.2, 0) is 11.2 Å². The van der Waals surface area contributed by atoms with Crippen LogP contribution in [0.4, 0.5) is 11.5 Å². The first-order chi connectivity index (χ1) is 15.2. The number of fused-ring (bicyclic) bond motifs is 1. The highest BCUT2D eigenvalue weighted by Gasteiger charge is 2.30. The fourth-order valence-electron chi connectivity index (χ4n) is 4.40. The lowest BCUT2D eigenvalue weighted by molar-refractivity contribution is -0.131. The molecular formula is C26H35N5O. The molecule has 0 radical (unpaired) electrons. The fraction of sp³-hybridized carbons (Fsp3) is 0.462. The number of amides is 1. The summed E-state index contributed by atoms with van der Waals surface area (Å²) in [5.74, 6) is 1.47. The Morgan fingerprint density at radius 2 is 1.91 bits per heavy atom. The van der Waals surface area contributed by atoms with Crippen LogP contribution in [0.3, 0.4) is 0 Å². The molecule has 2 aromatic heterocycles. The molecule has 1 aliphatic heterocycles. The van der Waals surface area contributed by atoms with Gasteiger partial charge in [0.05, 0.1) is 12.1 Å². The van der Waals surface area contributed by atoms with Crippen molar-refractivity contribution < 1.29 is 4.79 Å². The maximum absolute atomic E-state index is 13.1. The zero-order valence-electron chi connectivity index (χ0n) is 19.9. The van der Waals surface area contributed by atoms with Gasteiger partial charge in [0.1, 0.15) is 11.5 Å². The highest BCUT2D eigenvalue weighted by Crippen LogP contribution is 2.34. The third-order valence-electron chi connectivity index (χ3n) is 6.02. The monoisotopic (exact) mass is 433 g/mol. The maximum atomic E-state index is 13.1. The maximum Gasteiger partial charge on any atom is 0.227 e. The molecule has 3 heterocycles. The summed E-state index contributed by atoms with van der Waals surface area (Å²) in [4.78, 5) is 22.2. The lowest BCUT2D eigenvalue weighted by atomic mass is 9.93. The Hall–Kier alpha value is -3.02. The number of nitrogens with zero attached hydrogens (tertiary/aromatic N) is 4. The smallest absolute Gasteiger partial charge is 0.227 e. The van der Waals surface area contributed by atoms with E-state index < -0.39 is 0 Å². The molecule has 4 rings (SSSR count). The largest absolute Gasteiger partial charge is 0.378 e. The molecule has 6 nitrogen and oxygen atoms in total. The summed E-state index contributed by atoms with van der Waals surface area (Å²) in [6.07, 6.45) is 4.55. The van der Waals surface area contributed by atoms with Crippen molar-refractivity contribution in [2.45, 2.75) is 51.5 Å². The second-order valence-corrected chi connectivity index (χ2v) is 10.1. The number of imidazole rings is 1. The van der Waals surface area contributed by atoms with Crippen molar-refractivity contribution in [3.8, 4) is 0 Å². The van der Waals surface area contributed by atoms with Gasteiger partial charge >= 0.3 is 0 Å². The molecule has 0 saturated carbocycles. The van der Waals surface area contributed by atoms with Crippen LogP contribution >= 0.6 is 0 Å². The van der Waals surface area contributed by atoms with Crippen LogP contribution in [-0.4, -0.2) is 52.9 Å². The Morgan fingerprint density at radius 1 is 1.16 bits per heavy atom. The van der Waals surface area contributed by atoms with Crippen LogP contribution < -0.4 is 10.2 Å². The molecule has 3 aromatic rings. The number of pyridine rings is 1. The molecule has 1 aliphatic rings. The predicted octanol–water partition coefficient (Wildman–Crippen LogP) is 4.56. The number of carbonyl (C=O) groups is 1. The van der Waals surface area contributed by atoms with E-state index in [-0.39, 0.29) is 17.4 Å². The normalized spacial score (nSPS) is 16.9. The number of hydrogen-bond donors (Lipinski definition) is 1. The van der Waals surface area contributed by atoms with Crippen molar-refractivity contribution >= 4 is 23.1 Å². The van der Waals surface area contributed by atoms with E-state index in [9.17, 15) is 4.79 Å². The van der Waals surface area contributed by atoms with E-state index in [1.165, 1.54) is 0 Å². The number of likely N-dealkylation sites (tertiary alicyclic amines) is 1. The molecular weight excluding hydrogens is 398 g/mol. The Balaban J connectivity index is 1.53. The summed E-state index contributed by atoms with van der Waals surface area (Å²) >= 11 is 0. The van der Waals surface area contributed by atoms with Crippen LogP contribution in [0.5, 0.6) is 0 Å². The lowest BCUT2D eigenvalue weighted by Crippen LogP contribution is -2.40. The number of nitrogens with one attached hydrogen (secondary N) is 1. The first kappa shape index (κ1) is 22.2. The first-order valence-corrected chi connectivity index (χ1v) is 11.5.